The van der Waals surface area contributed by atoms with Gasteiger partial charge in [-0.1, -0.05) is 27.7 Å². The van der Waals surface area contributed by atoms with Gasteiger partial charge >= 0.3 is 0 Å². The Hall–Kier alpha value is -1.16. The van der Waals surface area contributed by atoms with Crippen LogP contribution in [0.25, 0.3) is 0 Å². The zero-order chi connectivity index (χ0) is 14.6. The summed E-state index contributed by atoms with van der Waals surface area (Å²) in [5.41, 5.74) is 0.663. The van der Waals surface area contributed by atoms with Crippen molar-refractivity contribution >= 4 is 5.69 Å². The number of halogens is 2. The second-order valence-corrected chi connectivity index (χ2v) is 6.11. The van der Waals surface area contributed by atoms with Crippen molar-refractivity contribution < 1.29 is 8.78 Å². The highest BCUT2D eigenvalue weighted by Gasteiger charge is 2.20. The third-order valence-corrected chi connectivity index (χ3v) is 2.75. The minimum Gasteiger partial charge on any atom is -0.369 e. The molecule has 0 atom stereocenters. The molecule has 0 amide bonds. The van der Waals surface area contributed by atoms with Gasteiger partial charge in [-0.15, -0.1) is 0 Å². The van der Waals surface area contributed by atoms with Crippen molar-refractivity contribution in [3.8, 4) is 0 Å². The van der Waals surface area contributed by atoms with Crippen LogP contribution in [-0.4, -0.2) is 20.1 Å². The molecule has 0 bridgehead atoms. The average molecular weight is 270 g/mol. The summed E-state index contributed by atoms with van der Waals surface area (Å²) in [6.07, 6.45) is 0. The van der Waals surface area contributed by atoms with Crippen LogP contribution in [0.5, 0.6) is 0 Å². The summed E-state index contributed by atoms with van der Waals surface area (Å²) in [4.78, 5) is 1.64. The van der Waals surface area contributed by atoms with E-state index in [2.05, 4.69) is 5.32 Å². The molecule has 0 spiro atoms. The predicted molar refractivity (Wildman–Crippen MR) is 76.5 cm³/mol. The van der Waals surface area contributed by atoms with Crippen molar-refractivity contribution in [2.24, 2.45) is 5.41 Å². The lowest BCUT2D eigenvalue weighted by Gasteiger charge is -2.29. The van der Waals surface area contributed by atoms with Gasteiger partial charge in [0.15, 0.2) is 0 Å². The molecule has 2 nitrogen and oxygen atoms in total. The van der Waals surface area contributed by atoms with E-state index in [0.29, 0.717) is 18.7 Å². The standard InChI is InChI=1S/C15H24F2N2/c1-6-18-9-11-7-12(16)14(13(17)8-11)19(5)10-15(2,3)4/h7-8,18H,6,9-10H2,1-5H3. The Morgan fingerprint density at radius 1 is 1.16 bits per heavy atom. The fourth-order valence-corrected chi connectivity index (χ4v) is 2.14. The van der Waals surface area contributed by atoms with Gasteiger partial charge in [-0.3, -0.25) is 0 Å². The molecule has 0 aromatic heterocycles. The average Bonchev–Trinajstić information content (AvgIpc) is 2.22. The highest BCUT2D eigenvalue weighted by atomic mass is 19.1. The molecule has 108 valence electrons. The van der Waals surface area contributed by atoms with Crippen molar-refractivity contribution in [2.75, 3.05) is 25.0 Å². The number of hydrogen-bond donors (Lipinski definition) is 1. The van der Waals surface area contributed by atoms with Gasteiger partial charge in [-0.2, -0.15) is 0 Å². The van der Waals surface area contributed by atoms with E-state index < -0.39 is 11.6 Å². The molecule has 1 N–H and O–H groups in total. The molecule has 1 rings (SSSR count). The molecule has 1 aromatic carbocycles. The van der Waals surface area contributed by atoms with Crippen LogP contribution >= 0.6 is 0 Å². The van der Waals surface area contributed by atoms with E-state index in [4.69, 9.17) is 0 Å². The van der Waals surface area contributed by atoms with Crippen LogP contribution in [0.1, 0.15) is 33.3 Å². The second-order valence-electron chi connectivity index (χ2n) is 6.11. The largest absolute Gasteiger partial charge is 0.369 e. The summed E-state index contributed by atoms with van der Waals surface area (Å²) in [5.74, 6) is -1.00. The summed E-state index contributed by atoms with van der Waals surface area (Å²) in [7, 11) is 1.72. The molecule has 0 unspecified atom stereocenters. The molecule has 0 heterocycles. The Morgan fingerprint density at radius 3 is 2.11 bits per heavy atom. The van der Waals surface area contributed by atoms with E-state index in [0.717, 1.165) is 6.54 Å². The molecule has 0 fully saturated rings. The first-order chi connectivity index (χ1) is 8.74. The predicted octanol–water partition coefficient (Wildman–Crippen LogP) is 3.56. The van der Waals surface area contributed by atoms with Crippen molar-refractivity contribution in [1.29, 1.82) is 0 Å². The third-order valence-electron chi connectivity index (χ3n) is 2.75. The first kappa shape index (κ1) is 15.9. The van der Waals surface area contributed by atoms with E-state index in [-0.39, 0.29) is 11.1 Å². The normalized spacial score (nSPS) is 11.7. The van der Waals surface area contributed by atoms with Crippen LogP contribution in [0.15, 0.2) is 12.1 Å². The summed E-state index contributed by atoms with van der Waals surface area (Å²) in [6.45, 7) is 9.92. The molecule has 0 aliphatic carbocycles. The number of anilines is 1. The zero-order valence-corrected chi connectivity index (χ0v) is 12.5. The minimum atomic E-state index is -0.500. The van der Waals surface area contributed by atoms with Gasteiger partial charge in [0.2, 0.25) is 0 Å². The molecule has 0 aliphatic rings. The molecule has 1 aromatic rings. The summed E-state index contributed by atoms with van der Waals surface area (Å²) in [5, 5.41) is 3.06. The molecule has 4 heteroatoms. The Morgan fingerprint density at radius 2 is 1.68 bits per heavy atom. The van der Waals surface area contributed by atoms with E-state index in [1.165, 1.54) is 12.1 Å². The number of nitrogens with one attached hydrogen (secondary N) is 1. The van der Waals surface area contributed by atoms with Gasteiger partial charge in [-0.25, -0.2) is 8.78 Å². The highest BCUT2D eigenvalue weighted by molar-refractivity contribution is 5.50. The van der Waals surface area contributed by atoms with E-state index in [1.807, 2.05) is 27.7 Å². The monoisotopic (exact) mass is 270 g/mol. The first-order valence-electron chi connectivity index (χ1n) is 6.64. The maximum absolute atomic E-state index is 14.1. The lowest BCUT2D eigenvalue weighted by molar-refractivity contribution is 0.414. The molecular formula is C15H24F2N2. The Balaban J connectivity index is 2.96. The van der Waals surface area contributed by atoms with Crippen LogP contribution in [0.3, 0.4) is 0 Å². The van der Waals surface area contributed by atoms with Crippen molar-refractivity contribution in [2.45, 2.75) is 34.2 Å². The molecule has 0 saturated carbocycles. The lowest BCUT2D eigenvalue weighted by atomic mass is 9.96. The van der Waals surface area contributed by atoms with Crippen molar-refractivity contribution in [3.05, 3.63) is 29.3 Å². The van der Waals surface area contributed by atoms with Gasteiger partial charge < -0.3 is 10.2 Å². The van der Waals surface area contributed by atoms with E-state index in [9.17, 15) is 8.78 Å². The maximum atomic E-state index is 14.1. The summed E-state index contributed by atoms with van der Waals surface area (Å²) >= 11 is 0. The number of rotatable bonds is 5. The van der Waals surface area contributed by atoms with Crippen LogP contribution in [-0.2, 0) is 6.54 Å². The summed E-state index contributed by atoms with van der Waals surface area (Å²) in [6, 6.07) is 2.81. The number of benzene rings is 1. The highest BCUT2D eigenvalue weighted by Crippen LogP contribution is 2.27. The van der Waals surface area contributed by atoms with Gasteiger partial charge in [0.05, 0.1) is 0 Å². The SMILES string of the molecule is CCNCc1cc(F)c(N(C)CC(C)(C)C)c(F)c1. The topological polar surface area (TPSA) is 15.3 Å². The Bertz CT molecular complexity index is 402. The van der Waals surface area contributed by atoms with Crippen LogP contribution in [0.4, 0.5) is 14.5 Å². The van der Waals surface area contributed by atoms with Gasteiger partial charge in [-0.05, 0) is 29.7 Å². The quantitative estimate of drug-likeness (QED) is 0.880. The first-order valence-corrected chi connectivity index (χ1v) is 6.64. The molecular weight excluding hydrogens is 246 g/mol. The molecule has 19 heavy (non-hydrogen) atoms. The number of hydrogen-bond acceptors (Lipinski definition) is 2. The second kappa shape index (κ2) is 6.33. The van der Waals surface area contributed by atoms with Crippen LogP contribution < -0.4 is 10.2 Å². The third kappa shape index (κ3) is 4.78. The molecule has 0 saturated heterocycles. The fourth-order valence-electron chi connectivity index (χ4n) is 2.14. The van der Waals surface area contributed by atoms with Crippen LogP contribution in [0.2, 0.25) is 0 Å². The molecule has 0 radical (unpaired) electrons. The Labute approximate surface area is 114 Å². The van der Waals surface area contributed by atoms with E-state index >= 15 is 0 Å². The maximum Gasteiger partial charge on any atom is 0.149 e. The van der Waals surface area contributed by atoms with Gasteiger partial charge in [0, 0.05) is 20.1 Å². The summed E-state index contributed by atoms with van der Waals surface area (Å²) < 4.78 is 28.1. The van der Waals surface area contributed by atoms with Gasteiger partial charge in [0.25, 0.3) is 0 Å². The fraction of sp³-hybridized carbons (Fsp3) is 0.600. The van der Waals surface area contributed by atoms with Gasteiger partial charge in [0.1, 0.15) is 17.3 Å². The van der Waals surface area contributed by atoms with Crippen LogP contribution in [0, 0.1) is 17.0 Å². The lowest BCUT2D eigenvalue weighted by Crippen LogP contribution is -2.30. The zero-order valence-electron chi connectivity index (χ0n) is 12.5. The number of nitrogens with zero attached hydrogens (tertiary/aromatic N) is 1. The molecule has 0 aliphatic heterocycles. The minimum absolute atomic E-state index is 0.0178. The van der Waals surface area contributed by atoms with Crippen molar-refractivity contribution in [1.82, 2.24) is 5.32 Å². The van der Waals surface area contributed by atoms with Crippen molar-refractivity contribution in [3.63, 3.8) is 0 Å². The smallest absolute Gasteiger partial charge is 0.149 e. The van der Waals surface area contributed by atoms with E-state index in [1.54, 1.807) is 11.9 Å². The Kier molecular flexibility index (Phi) is 5.29.